The predicted octanol–water partition coefficient (Wildman–Crippen LogP) is 2.81. The lowest BCUT2D eigenvalue weighted by molar-refractivity contribution is -0.119. The van der Waals surface area contributed by atoms with Gasteiger partial charge in [-0.05, 0) is 53.2 Å². The van der Waals surface area contributed by atoms with E-state index >= 15 is 0 Å². The van der Waals surface area contributed by atoms with Crippen molar-refractivity contribution in [3.8, 4) is 0 Å². The van der Waals surface area contributed by atoms with Gasteiger partial charge in [-0.1, -0.05) is 0 Å². The zero-order valence-corrected chi connectivity index (χ0v) is 14.1. The van der Waals surface area contributed by atoms with Gasteiger partial charge in [0.2, 0.25) is 5.91 Å². The van der Waals surface area contributed by atoms with E-state index in [4.69, 9.17) is 0 Å². The molecule has 1 saturated heterocycles. The molecule has 0 bridgehead atoms. The maximum Gasteiger partial charge on any atom is 0.263 e. The van der Waals surface area contributed by atoms with Crippen LogP contribution in [0.5, 0.6) is 0 Å². The van der Waals surface area contributed by atoms with E-state index in [9.17, 15) is 9.59 Å². The topological polar surface area (TPSA) is 49.4 Å². The van der Waals surface area contributed by atoms with Crippen molar-refractivity contribution in [1.29, 1.82) is 0 Å². The molecule has 1 aliphatic heterocycles. The average molecular weight is 359 g/mol. The highest BCUT2D eigenvalue weighted by Gasteiger charge is 2.24. The number of carbonyl (C=O) groups excluding carboxylic acids is 2. The van der Waals surface area contributed by atoms with Crippen LogP contribution in [0.25, 0.3) is 0 Å². The van der Waals surface area contributed by atoms with Crippen LogP contribution in [0, 0.1) is 12.8 Å². The Balaban J connectivity index is 1.87. The van der Waals surface area contributed by atoms with Crippen LogP contribution < -0.4 is 5.32 Å². The molecule has 1 aromatic heterocycles. The summed E-state index contributed by atoms with van der Waals surface area (Å²) in [6, 6.07) is 1.94. The second-order valence-corrected chi connectivity index (χ2v) is 7.61. The Morgan fingerprint density at radius 3 is 2.60 bits per heavy atom. The lowest BCUT2D eigenvalue weighted by Gasteiger charge is -2.31. The van der Waals surface area contributed by atoms with Crippen LogP contribution in [-0.2, 0) is 4.79 Å². The van der Waals surface area contributed by atoms with Crippen molar-refractivity contribution in [2.75, 3.05) is 19.6 Å². The molecule has 0 aromatic carbocycles. The van der Waals surface area contributed by atoms with Gasteiger partial charge in [0.1, 0.15) is 0 Å². The van der Waals surface area contributed by atoms with E-state index < -0.39 is 0 Å². The molecule has 2 rings (SSSR count). The van der Waals surface area contributed by atoms with E-state index in [1.807, 2.05) is 17.9 Å². The number of nitrogens with zero attached hydrogens (tertiary/aromatic N) is 1. The van der Waals surface area contributed by atoms with Crippen LogP contribution in [0.15, 0.2) is 9.85 Å². The normalized spacial score (nSPS) is 16.2. The highest BCUT2D eigenvalue weighted by molar-refractivity contribution is 9.11. The van der Waals surface area contributed by atoms with Crippen LogP contribution in [0.2, 0.25) is 0 Å². The fraction of sp³-hybridized carbons (Fsp3) is 0.571. The van der Waals surface area contributed by atoms with Crippen molar-refractivity contribution in [1.82, 2.24) is 10.2 Å². The van der Waals surface area contributed by atoms with Gasteiger partial charge >= 0.3 is 0 Å². The largest absolute Gasteiger partial charge is 0.356 e. The predicted molar refractivity (Wildman–Crippen MR) is 84.1 cm³/mol. The second kappa shape index (κ2) is 6.72. The molecule has 0 atom stereocenters. The lowest BCUT2D eigenvalue weighted by atomic mass is 9.96. The minimum atomic E-state index is 0.0161. The summed E-state index contributed by atoms with van der Waals surface area (Å²) in [4.78, 5) is 26.0. The van der Waals surface area contributed by atoms with E-state index in [1.54, 1.807) is 0 Å². The zero-order valence-electron chi connectivity index (χ0n) is 11.7. The molecule has 0 radical (unpaired) electrons. The van der Waals surface area contributed by atoms with Crippen LogP contribution in [0.4, 0.5) is 0 Å². The van der Waals surface area contributed by atoms with E-state index in [0.717, 1.165) is 46.7 Å². The smallest absolute Gasteiger partial charge is 0.263 e. The molecule has 4 nitrogen and oxygen atoms in total. The summed E-state index contributed by atoms with van der Waals surface area (Å²) in [5, 5.41) is 2.86. The first-order chi connectivity index (χ1) is 9.47. The summed E-state index contributed by atoms with van der Waals surface area (Å²) in [5.74, 6) is 0.629. The van der Waals surface area contributed by atoms with Crippen LogP contribution in [-0.4, -0.2) is 36.3 Å². The SMILES string of the molecule is CC(=O)NCC1CCN(C(=O)c2cc(C)c(Br)s2)CC1. The lowest BCUT2D eigenvalue weighted by Crippen LogP contribution is -2.41. The molecule has 1 aliphatic rings. The number of piperidine rings is 1. The third-order valence-electron chi connectivity index (χ3n) is 3.61. The first-order valence-corrected chi connectivity index (χ1v) is 8.38. The molecular weight excluding hydrogens is 340 g/mol. The van der Waals surface area contributed by atoms with E-state index in [-0.39, 0.29) is 11.8 Å². The molecule has 20 heavy (non-hydrogen) atoms. The fourth-order valence-electron chi connectivity index (χ4n) is 2.35. The maximum atomic E-state index is 12.4. The molecular formula is C14H19BrN2O2S. The Kier molecular flexibility index (Phi) is 5.21. The zero-order chi connectivity index (χ0) is 14.7. The number of thiophene rings is 1. The minimum absolute atomic E-state index is 0.0161. The number of aryl methyl sites for hydroxylation is 1. The number of carbonyl (C=O) groups is 2. The number of halogens is 1. The summed E-state index contributed by atoms with van der Waals surface area (Å²) in [5.41, 5.74) is 1.11. The highest BCUT2D eigenvalue weighted by atomic mass is 79.9. The van der Waals surface area contributed by atoms with Gasteiger partial charge in [0.05, 0.1) is 8.66 Å². The molecule has 2 amide bonds. The minimum Gasteiger partial charge on any atom is -0.356 e. The summed E-state index contributed by atoms with van der Waals surface area (Å²) >= 11 is 4.96. The number of rotatable bonds is 3. The molecule has 1 aromatic rings. The van der Waals surface area contributed by atoms with Crippen molar-refractivity contribution in [2.45, 2.75) is 26.7 Å². The summed E-state index contributed by atoms with van der Waals surface area (Å²) in [6.45, 7) is 5.81. The molecule has 0 saturated carbocycles. The summed E-state index contributed by atoms with van der Waals surface area (Å²) < 4.78 is 1.03. The summed E-state index contributed by atoms with van der Waals surface area (Å²) in [6.07, 6.45) is 1.91. The molecule has 110 valence electrons. The second-order valence-electron chi connectivity index (χ2n) is 5.24. The molecule has 1 N–H and O–H groups in total. The van der Waals surface area contributed by atoms with Crippen molar-refractivity contribution in [3.05, 3.63) is 20.3 Å². The third-order valence-corrected chi connectivity index (χ3v) is 5.73. The molecule has 6 heteroatoms. The number of hydrogen-bond acceptors (Lipinski definition) is 3. The maximum absolute atomic E-state index is 12.4. The Hall–Kier alpha value is -0.880. The van der Waals surface area contributed by atoms with E-state index in [1.165, 1.54) is 18.3 Å². The summed E-state index contributed by atoms with van der Waals surface area (Å²) in [7, 11) is 0. The van der Waals surface area contributed by atoms with E-state index in [2.05, 4.69) is 21.2 Å². The fourth-order valence-corrected chi connectivity index (χ4v) is 3.85. The Bertz CT molecular complexity index is 488. The quantitative estimate of drug-likeness (QED) is 0.902. The van der Waals surface area contributed by atoms with Crippen molar-refractivity contribution >= 4 is 39.1 Å². The van der Waals surface area contributed by atoms with Gasteiger partial charge < -0.3 is 10.2 Å². The Labute approximate surface area is 131 Å². The highest BCUT2D eigenvalue weighted by Crippen LogP contribution is 2.29. The van der Waals surface area contributed by atoms with Crippen LogP contribution in [0.3, 0.4) is 0 Å². The van der Waals surface area contributed by atoms with E-state index in [0.29, 0.717) is 5.92 Å². The van der Waals surface area contributed by atoms with Gasteiger partial charge in [0, 0.05) is 26.6 Å². The third kappa shape index (κ3) is 3.82. The molecule has 0 unspecified atom stereocenters. The molecule has 2 heterocycles. The van der Waals surface area contributed by atoms with Gasteiger partial charge in [-0.3, -0.25) is 9.59 Å². The monoisotopic (exact) mass is 358 g/mol. The number of nitrogens with one attached hydrogen (secondary N) is 1. The standard InChI is InChI=1S/C14H19BrN2O2S/c1-9-7-12(20-13(9)15)14(19)17-5-3-11(4-6-17)8-16-10(2)18/h7,11H,3-6,8H2,1-2H3,(H,16,18). The average Bonchev–Trinajstić information content (AvgIpc) is 2.76. The molecule has 0 aliphatic carbocycles. The van der Waals surface area contributed by atoms with Crippen LogP contribution in [0.1, 0.15) is 35.0 Å². The first kappa shape index (κ1) is 15.5. The van der Waals surface area contributed by atoms with Crippen molar-refractivity contribution in [3.63, 3.8) is 0 Å². The van der Waals surface area contributed by atoms with Gasteiger partial charge in [-0.25, -0.2) is 0 Å². The molecule has 1 fully saturated rings. The van der Waals surface area contributed by atoms with Gasteiger partial charge in [0.25, 0.3) is 5.91 Å². The van der Waals surface area contributed by atoms with Crippen molar-refractivity contribution in [2.24, 2.45) is 5.92 Å². The molecule has 0 spiro atoms. The van der Waals surface area contributed by atoms with Gasteiger partial charge in [-0.2, -0.15) is 0 Å². The Morgan fingerprint density at radius 1 is 1.45 bits per heavy atom. The van der Waals surface area contributed by atoms with Gasteiger partial charge in [0.15, 0.2) is 0 Å². The Morgan fingerprint density at radius 2 is 2.10 bits per heavy atom. The number of hydrogen-bond donors (Lipinski definition) is 1. The first-order valence-electron chi connectivity index (χ1n) is 6.77. The van der Waals surface area contributed by atoms with Crippen molar-refractivity contribution < 1.29 is 9.59 Å². The number of amides is 2. The number of likely N-dealkylation sites (tertiary alicyclic amines) is 1. The van der Waals surface area contributed by atoms with Gasteiger partial charge in [-0.15, -0.1) is 11.3 Å². The van der Waals surface area contributed by atoms with Crippen LogP contribution >= 0.6 is 27.3 Å².